The Hall–Kier alpha value is -2.22. The summed E-state index contributed by atoms with van der Waals surface area (Å²) in [7, 11) is 0. The van der Waals surface area contributed by atoms with Crippen molar-refractivity contribution < 1.29 is 0 Å². The Morgan fingerprint density at radius 3 is 1.26 bits per heavy atom. The number of hydrogen-bond acceptors (Lipinski definition) is 2. The van der Waals surface area contributed by atoms with E-state index in [2.05, 4.69) is 24.3 Å². The third-order valence-corrected chi connectivity index (χ3v) is 3.18. The number of nitrogens with one attached hydrogen (secondary N) is 2. The summed E-state index contributed by atoms with van der Waals surface area (Å²) < 4.78 is 0. The maximum absolute atomic E-state index is 7.57. The lowest BCUT2D eigenvalue weighted by atomic mass is 10.0. The van der Waals surface area contributed by atoms with Gasteiger partial charge in [-0.15, -0.1) is 0 Å². The first kappa shape index (κ1) is 13.2. The van der Waals surface area contributed by atoms with Gasteiger partial charge in [0, 0.05) is 11.4 Å². The van der Waals surface area contributed by atoms with Gasteiger partial charge in [0.25, 0.3) is 0 Å². The van der Waals surface area contributed by atoms with E-state index >= 15 is 0 Å². The summed E-state index contributed by atoms with van der Waals surface area (Å²) in [5, 5.41) is 15.1. The maximum Gasteiger partial charge on any atom is 0.0355 e. The second-order valence-electron chi connectivity index (χ2n) is 4.82. The number of hydrogen-bond donors (Lipinski definition) is 2. The molecule has 0 amide bonds. The molecule has 0 aliphatic heterocycles. The minimum Gasteiger partial charge on any atom is -0.305 e. The molecule has 0 fully saturated rings. The second kappa shape index (κ2) is 5.61. The third-order valence-electron chi connectivity index (χ3n) is 3.18. The van der Waals surface area contributed by atoms with Gasteiger partial charge in [-0.1, -0.05) is 48.5 Å². The number of benzene rings is 2. The molecular weight excluding hydrogens is 232 g/mol. The van der Waals surface area contributed by atoms with Crippen LogP contribution in [0.15, 0.2) is 48.5 Å². The zero-order chi connectivity index (χ0) is 13.8. The van der Waals surface area contributed by atoms with Crippen LogP contribution in [0.3, 0.4) is 0 Å². The minimum atomic E-state index is 0.595. The summed E-state index contributed by atoms with van der Waals surface area (Å²) in [5.41, 5.74) is 5.61. The summed E-state index contributed by atoms with van der Waals surface area (Å²) in [6.45, 7) is 3.60. The van der Waals surface area contributed by atoms with Gasteiger partial charge in [-0.3, -0.25) is 0 Å². The van der Waals surface area contributed by atoms with Crippen LogP contribution in [0.2, 0.25) is 0 Å². The molecule has 0 unspecified atom stereocenters. The van der Waals surface area contributed by atoms with Crippen LogP contribution in [0, 0.1) is 10.8 Å². The highest BCUT2D eigenvalue weighted by molar-refractivity contribution is 5.96. The SMILES string of the molecule is CC(=N)c1ccc(Cc2ccc(C(C)=N)cc2)cc1. The lowest BCUT2D eigenvalue weighted by Crippen LogP contribution is -1.95. The van der Waals surface area contributed by atoms with Crippen LogP contribution in [0.4, 0.5) is 0 Å². The first-order valence-corrected chi connectivity index (χ1v) is 6.35. The van der Waals surface area contributed by atoms with Crippen molar-refractivity contribution >= 4 is 11.4 Å². The number of rotatable bonds is 4. The molecule has 0 bridgehead atoms. The first-order valence-electron chi connectivity index (χ1n) is 6.35. The summed E-state index contributed by atoms with van der Waals surface area (Å²) >= 11 is 0. The van der Waals surface area contributed by atoms with Crippen LogP contribution < -0.4 is 0 Å². The monoisotopic (exact) mass is 250 g/mol. The molecule has 0 aliphatic carbocycles. The van der Waals surface area contributed by atoms with Crippen molar-refractivity contribution in [2.75, 3.05) is 0 Å². The van der Waals surface area contributed by atoms with Crippen LogP contribution in [-0.4, -0.2) is 11.4 Å². The fraction of sp³-hybridized carbons (Fsp3) is 0.176. The van der Waals surface area contributed by atoms with Gasteiger partial charge in [-0.2, -0.15) is 0 Å². The molecule has 0 atom stereocenters. The molecule has 2 nitrogen and oxygen atoms in total. The molecule has 19 heavy (non-hydrogen) atoms. The van der Waals surface area contributed by atoms with Gasteiger partial charge in [0.2, 0.25) is 0 Å². The smallest absolute Gasteiger partial charge is 0.0355 e. The van der Waals surface area contributed by atoms with E-state index < -0.39 is 0 Å². The molecule has 2 heteroatoms. The molecule has 0 heterocycles. The van der Waals surface area contributed by atoms with E-state index in [1.54, 1.807) is 13.8 Å². The van der Waals surface area contributed by atoms with Gasteiger partial charge in [0.1, 0.15) is 0 Å². The fourth-order valence-electron chi connectivity index (χ4n) is 1.98. The topological polar surface area (TPSA) is 47.7 Å². The Labute approximate surface area is 114 Å². The van der Waals surface area contributed by atoms with Crippen LogP contribution >= 0.6 is 0 Å². The minimum absolute atomic E-state index is 0.595. The van der Waals surface area contributed by atoms with Gasteiger partial charge in [0.15, 0.2) is 0 Å². The average Bonchev–Trinajstić information content (AvgIpc) is 2.40. The Balaban J connectivity index is 2.12. The van der Waals surface area contributed by atoms with E-state index in [-0.39, 0.29) is 0 Å². The second-order valence-corrected chi connectivity index (χ2v) is 4.82. The van der Waals surface area contributed by atoms with E-state index in [1.165, 1.54) is 11.1 Å². The highest BCUT2D eigenvalue weighted by Crippen LogP contribution is 2.12. The van der Waals surface area contributed by atoms with Crippen molar-refractivity contribution in [3.63, 3.8) is 0 Å². The van der Waals surface area contributed by atoms with Crippen LogP contribution in [0.25, 0.3) is 0 Å². The fourth-order valence-corrected chi connectivity index (χ4v) is 1.98. The molecular formula is C17H18N2. The maximum atomic E-state index is 7.57. The molecule has 2 N–H and O–H groups in total. The standard InChI is InChI=1S/C17H18N2/c1-12(18)16-7-3-14(4-8-16)11-15-5-9-17(10-6-15)13(2)19/h3-10,18-19H,11H2,1-2H3. The van der Waals surface area contributed by atoms with Crippen LogP contribution in [-0.2, 0) is 6.42 Å². The molecule has 2 aromatic carbocycles. The van der Waals surface area contributed by atoms with Gasteiger partial charge >= 0.3 is 0 Å². The normalized spacial score (nSPS) is 10.2. The molecule has 0 aliphatic rings. The lowest BCUT2D eigenvalue weighted by molar-refractivity contribution is 1.19. The van der Waals surface area contributed by atoms with Crippen molar-refractivity contribution in [2.45, 2.75) is 20.3 Å². The van der Waals surface area contributed by atoms with Gasteiger partial charge < -0.3 is 10.8 Å². The van der Waals surface area contributed by atoms with E-state index in [1.807, 2.05) is 24.3 Å². The molecule has 96 valence electrons. The predicted molar refractivity (Wildman–Crippen MR) is 80.7 cm³/mol. The van der Waals surface area contributed by atoms with Gasteiger partial charge in [-0.05, 0) is 42.5 Å². The Kier molecular flexibility index (Phi) is 3.91. The van der Waals surface area contributed by atoms with E-state index in [0.29, 0.717) is 11.4 Å². The largest absolute Gasteiger partial charge is 0.305 e. The predicted octanol–water partition coefficient (Wildman–Crippen LogP) is 4.05. The quantitative estimate of drug-likeness (QED) is 0.769. The van der Waals surface area contributed by atoms with Crippen molar-refractivity contribution in [2.24, 2.45) is 0 Å². The van der Waals surface area contributed by atoms with Gasteiger partial charge in [-0.25, -0.2) is 0 Å². The highest BCUT2D eigenvalue weighted by atomic mass is 14.4. The molecule has 2 aromatic rings. The molecule has 0 aromatic heterocycles. The van der Waals surface area contributed by atoms with Crippen LogP contribution in [0.1, 0.15) is 36.1 Å². The van der Waals surface area contributed by atoms with Crippen molar-refractivity contribution in [1.29, 1.82) is 10.8 Å². The highest BCUT2D eigenvalue weighted by Gasteiger charge is 2.00. The van der Waals surface area contributed by atoms with Gasteiger partial charge in [0.05, 0.1) is 0 Å². The van der Waals surface area contributed by atoms with Crippen molar-refractivity contribution in [3.05, 3.63) is 70.8 Å². The first-order chi connectivity index (χ1) is 9.06. The van der Waals surface area contributed by atoms with E-state index in [0.717, 1.165) is 17.5 Å². The Bertz CT molecular complexity index is 537. The summed E-state index contributed by atoms with van der Waals surface area (Å²) in [6, 6.07) is 16.3. The van der Waals surface area contributed by atoms with Crippen molar-refractivity contribution in [3.8, 4) is 0 Å². The van der Waals surface area contributed by atoms with Crippen LogP contribution in [0.5, 0.6) is 0 Å². The van der Waals surface area contributed by atoms with E-state index in [4.69, 9.17) is 10.8 Å². The summed E-state index contributed by atoms with van der Waals surface area (Å²) in [5.74, 6) is 0. The zero-order valence-corrected chi connectivity index (χ0v) is 11.3. The van der Waals surface area contributed by atoms with E-state index in [9.17, 15) is 0 Å². The van der Waals surface area contributed by atoms with Crippen molar-refractivity contribution in [1.82, 2.24) is 0 Å². The Morgan fingerprint density at radius 1 is 0.684 bits per heavy atom. The third kappa shape index (κ3) is 3.38. The average molecular weight is 250 g/mol. The molecule has 2 rings (SSSR count). The summed E-state index contributed by atoms with van der Waals surface area (Å²) in [6.07, 6.45) is 0.884. The Morgan fingerprint density at radius 2 is 1.00 bits per heavy atom. The molecule has 0 spiro atoms. The molecule has 0 saturated carbocycles. The molecule has 0 saturated heterocycles. The summed E-state index contributed by atoms with van der Waals surface area (Å²) in [4.78, 5) is 0. The molecule has 0 radical (unpaired) electrons. The lowest BCUT2D eigenvalue weighted by Gasteiger charge is -2.05. The zero-order valence-electron chi connectivity index (χ0n) is 11.3.